The van der Waals surface area contributed by atoms with Crippen LogP contribution in [0.4, 0.5) is 5.69 Å². The Hall–Kier alpha value is -2.17. The number of rotatable bonds is 4. The maximum Gasteiger partial charge on any atom is 0.229 e. The smallest absolute Gasteiger partial charge is 0.229 e. The lowest BCUT2D eigenvalue weighted by atomic mass is 10.2. The lowest BCUT2D eigenvalue weighted by Crippen LogP contribution is -2.28. The Labute approximate surface area is 116 Å². The number of amides is 3. The number of imide groups is 1. The highest BCUT2D eigenvalue weighted by atomic mass is 16.2. The van der Waals surface area contributed by atoms with Crippen molar-refractivity contribution in [2.45, 2.75) is 32.2 Å². The molecule has 3 amide bonds. The normalized spacial score (nSPS) is 18.5. The lowest BCUT2D eigenvalue weighted by molar-refractivity contribution is -0.139. The molecule has 1 aromatic rings. The maximum absolute atomic E-state index is 11.6. The van der Waals surface area contributed by atoms with Gasteiger partial charge in [0.2, 0.25) is 17.7 Å². The molecular weight excluding hydrogens is 256 g/mol. The fraction of sp³-hybridized carbons (Fsp3) is 0.400. The van der Waals surface area contributed by atoms with Gasteiger partial charge in [-0.2, -0.15) is 0 Å². The molecule has 5 nitrogen and oxygen atoms in total. The molecule has 0 aromatic heterocycles. The van der Waals surface area contributed by atoms with E-state index in [1.807, 2.05) is 12.1 Å². The molecule has 0 atom stereocenters. The number of likely N-dealkylation sites (tertiary alicyclic amines) is 1. The molecule has 0 bridgehead atoms. The number of carbonyl (C=O) groups excluding carboxylic acids is 3. The van der Waals surface area contributed by atoms with E-state index in [1.54, 1.807) is 12.1 Å². The number of carbonyl (C=O) groups is 3. The molecule has 1 aromatic carbocycles. The van der Waals surface area contributed by atoms with Crippen molar-refractivity contribution in [1.29, 1.82) is 0 Å². The fourth-order valence-electron chi connectivity index (χ4n) is 2.27. The van der Waals surface area contributed by atoms with Gasteiger partial charge in [-0.3, -0.25) is 19.3 Å². The lowest BCUT2D eigenvalue weighted by Gasteiger charge is -2.14. The predicted molar refractivity (Wildman–Crippen MR) is 72.6 cm³/mol. The van der Waals surface area contributed by atoms with Gasteiger partial charge < -0.3 is 5.32 Å². The second-order valence-corrected chi connectivity index (χ2v) is 5.33. The monoisotopic (exact) mass is 272 g/mol. The molecule has 0 unspecified atom stereocenters. The van der Waals surface area contributed by atoms with Crippen molar-refractivity contribution < 1.29 is 14.4 Å². The Morgan fingerprint density at radius 3 is 2.25 bits per heavy atom. The molecule has 2 fully saturated rings. The van der Waals surface area contributed by atoms with Crippen molar-refractivity contribution in [3.63, 3.8) is 0 Å². The fourth-order valence-corrected chi connectivity index (χ4v) is 2.27. The summed E-state index contributed by atoms with van der Waals surface area (Å²) in [5.74, 6) is 0.0272. The van der Waals surface area contributed by atoms with Crippen molar-refractivity contribution >= 4 is 23.4 Å². The van der Waals surface area contributed by atoms with Gasteiger partial charge in [-0.1, -0.05) is 12.1 Å². The SMILES string of the molecule is O=C(Nc1ccc(CN2C(=O)CCC2=O)cc1)C1CC1. The second kappa shape index (κ2) is 5.07. The number of benzene rings is 1. The van der Waals surface area contributed by atoms with Crippen LogP contribution in [0.25, 0.3) is 0 Å². The standard InChI is InChI=1S/C15H16N2O3/c18-13-7-8-14(19)17(13)9-10-1-5-12(6-2-10)16-15(20)11-3-4-11/h1-2,5-6,11H,3-4,7-9H2,(H,16,20). The molecule has 20 heavy (non-hydrogen) atoms. The minimum atomic E-state index is -0.110. The largest absolute Gasteiger partial charge is 0.326 e. The summed E-state index contributed by atoms with van der Waals surface area (Å²) in [5.41, 5.74) is 1.64. The van der Waals surface area contributed by atoms with E-state index in [2.05, 4.69) is 5.32 Å². The van der Waals surface area contributed by atoms with Crippen LogP contribution < -0.4 is 5.32 Å². The Balaban J connectivity index is 1.62. The summed E-state index contributed by atoms with van der Waals surface area (Å²) in [6.07, 6.45) is 2.58. The number of nitrogens with one attached hydrogen (secondary N) is 1. The number of hydrogen-bond donors (Lipinski definition) is 1. The topological polar surface area (TPSA) is 66.5 Å². The summed E-state index contributed by atoms with van der Waals surface area (Å²) in [4.78, 5) is 36.0. The first-order valence-corrected chi connectivity index (χ1v) is 6.86. The summed E-state index contributed by atoms with van der Waals surface area (Å²) >= 11 is 0. The molecule has 1 saturated heterocycles. The second-order valence-electron chi connectivity index (χ2n) is 5.33. The highest BCUT2D eigenvalue weighted by Gasteiger charge is 2.30. The van der Waals surface area contributed by atoms with Crippen LogP contribution in [0, 0.1) is 5.92 Å². The summed E-state index contributed by atoms with van der Waals surface area (Å²) in [6.45, 7) is 0.314. The Morgan fingerprint density at radius 2 is 1.70 bits per heavy atom. The molecular formula is C15H16N2O3. The third-order valence-corrected chi connectivity index (χ3v) is 3.67. The highest BCUT2D eigenvalue weighted by Crippen LogP contribution is 2.30. The molecule has 0 spiro atoms. The zero-order valence-corrected chi connectivity index (χ0v) is 11.1. The van der Waals surface area contributed by atoms with E-state index in [0.717, 1.165) is 24.1 Å². The summed E-state index contributed by atoms with van der Waals surface area (Å²) < 4.78 is 0. The molecule has 2 aliphatic rings. The third-order valence-electron chi connectivity index (χ3n) is 3.67. The average molecular weight is 272 g/mol. The minimum absolute atomic E-state index is 0.0719. The van der Waals surface area contributed by atoms with Crippen LogP contribution in [0.5, 0.6) is 0 Å². The van der Waals surface area contributed by atoms with Crippen LogP contribution in [0.15, 0.2) is 24.3 Å². The van der Waals surface area contributed by atoms with Crippen molar-refractivity contribution in [2.75, 3.05) is 5.32 Å². The van der Waals surface area contributed by atoms with E-state index in [0.29, 0.717) is 19.4 Å². The average Bonchev–Trinajstić information content (AvgIpc) is 3.24. The molecule has 5 heteroatoms. The number of hydrogen-bond acceptors (Lipinski definition) is 3. The van der Waals surface area contributed by atoms with E-state index >= 15 is 0 Å². The quantitative estimate of drug-likeness (QED) is 0.848. The number of nitrogens with zero attached hydrogens (tertiary/aromatic N) is 1. The van der Waals surface area contributed by atoms with E-state index in [4.69, 9.17) is 0 Å². The first-order valence-electron chi connectivity index (χ1n) is 6.86. The predicted octanol–water partition coefficient (Wildman–Crippen LogP) is 1.68. The molecule has 1 N–H and O–H groups in total. The molecule has 1 aliphatic heterocycles. The summed E-state index contributed by atoms with van der Waals surface area (Å²) in [6, 6.07) is 7.28. The summed E-state index contributed by atoms with van der Waals surface area (Å²) in [5, 5.41) is 2.86. The zero-order valence-electron chi connectivity index (χ0n) is 11.1. The van der Waals surface area contributed by atoms with Gasteiger partial charge in [0.05, 0.1) is 6.54 Å². The van der Waals surface area contributed by atoms with Crippen molar-refractivity contribution in [3.8, 4) is 0 Å². The van der Waals surface area contributed by atoms with Crippen molar-refractivity contribution in [3.05, 3.63) is 29.8 Å². The van der Waals surface area contributed by atoms with Gasteiger partial charge in [0.25, 0.3) is 0 Å². The first-order chi connectivity index (χ1) is 9.63. The molecule has 1 aliphatic carbocycles. The molecule has 104 valence electrons. The van der Waals surface area contributed by atoms with Crippen LogP contribution in [0.2, 0.25) is 0 Å². The minimum Gasteiger partial charge on any atom is -0.326 e. The molecule has 3 rings (SSSR count). The Bertz CT molecular complexity index is 545. The van der Waals surface area contributed by atoms with Gasteiger partial charge in [0, 0.05) is 24.4 Å². The third kappa shape index (κ3) is 2.71. The van der Waals surface area contributed by atoms with E-state index in [1.165, 1.54) is 4.90 Å². The van der Waals surface area contributed by atoms with Crippen molar-refractivity contribution in [2.24, 2.45) is 5.92 Å². The van der Waals surface area contributed by atoms with Gasteiger partial charge in [-0.05, 0) is 30.5 Å². The van der Waals surface area contributed by atoms with E-state index in [-0.39, 0.29) is 23.6 Å². The first kappa shape index (κ1) is 12.8. The van der Waals surface area contributed by atoms with Crippen LogP contribution in [-0.4, -0.2) is 22.6 Å². The Kier molecular flexibility index (Phi) is 3.26. The van der Waals surface area contributed by atoms with Gasteiger partial charge in [0.15, 0.2) is 0 Å². The highest BCUT2D eigenvalue weighted by molar-refractivity contribution is 6.01. The van der Waals surface area contributed by atoms with Gasteiger partial charge in [-0.15, -0.1) is 0 Å². The van der Waals surface area contributed by atoms with Crippen LogP contribution in [0.3, 0.4) is 0 Å². The van der Waals surface area contributed by atoms with E-state index in [9.17, 15) is 14.4 Å². The zero-order chi connectivity index (χ0) is 14.1. The van der Waals surface area contributed by atoms with Crippen LogP contribution in [0.1, 0.15) is 31.2 Å². The van der Waals surface area contributed by atoms with Crippen LogP contribution >= 0.6 is 0 Å². The van der Waals surface area contributed by atoms with Crippen molar-refractivity contribution in [1.82, 2.24) is 4.90 Å². The van der Waals surface area contributed by atoms with Gasteiger partial charge in [0.1, 0.15) is 0 Å². The summed E-state index contributed by atoms with van der Waals surface area (Å²) in [7, 11) is 0. The van der Waals surface area contributed by atoms with Crippen LogP contribution in [-0.2, 0) is 20.9 Å². The molecule has 1 heterocycles. The van der Waals surface area contributed by atoms with Gasteiger partial charge in [-0.25, -0.2) is 0 Å². The maximum atomic E-state index is 11.6. The van der Waals surface area contributed by atoms with E-state index < -0.39 is 0 Å². The molecule has 1 saturated carbocycles. The molecule has 0 radical (unpaired) electrons. The Morgan fingerprint density at radius 1 is 1.10 bits per heavy atom. The van der Waals surface area contributed by atoms with Gasteiger partial charge >= 0.3 is 0 Å². The number of anilines is 1.